The highest BCUT2D eigenvalue weighted by Crippen LogP contribution is 2.30. The Balaban J connectivity index is 2.03. The summed E-state index contributed by atoms with van der Waals surface area (Å²) in [4.78, 5) is 18.2. The Labute approximate surface area is 125 Å². The average Bonchev–Trinajstić information content (AvgIpc) is 2.68. The molecule has 1 aliphatic heterocycles. The highest BCUT2D eigenvalue weighted by molar-refractivity contribution is 6.09. The second-order valence-corrected chi connectivity index (χ2v) is 5.71. The predicted molar refractivity (Wildman–Crippen MR) is 84.0 cm³/mol. The van der Waals surface area contributed by atoms with E-state index in [0.29, 0.717) is 0 Å². The summed E-state index contributed by atoms with van der Waals surface area (Å²) in [5, 5.41) is 0.959. The van der Waals surface area contributed by atoms with Gasteiger partial charge in [0.05, 0.1) is 18.2 Å². The number of benzene rings is 1. The van der Waals surface area contributed by atoms with Crippen LogP contribution in [0.3, 0.4) is 0 Å². The summed E-state index contributed by atoms with van der Waals surface area (Å²) in [6.45, 7) is 3.70. The maximum absolute atomic E-state index is 12.9. The molecule has 3 rings (SSSR count). The van der Waals surface area contributed by atoms with Gasteiger partial charge in [-0.2, -0.15) is 0 Å². The number of likely N-dealkylation sites (tertiary alicyclic amines) is 1. The predicted octanol–water partition coefficient (Wildman–Crippen LogP) is 3.50. The summed E-state index contributed by atoms with van der Waals surface area (Å²) in [6.07, 6.45) is 4.67. The Morgan fingerprint density at radius 3 is 2.57 bits per heavy atom. The molecule has 0 spiro atoms. The van der Waals surface area contributed by atoms with Crippen LogP contribution in [-0.4, -0.2) is 36.0 Å². The lowest BCUT2D eigenvalue weighted by molar-refractivity contribution is 0.0763. The number of carbonyl (C=O) groups is 1. The summed E-state index contributed by atoms with van der Waals surface area (Å²) < 4.78 is 5.38. The van der Waals surface area contributed by atoms with Crippen LogP contribution in [0.5, 0.6) is 5.75 Å². The van der Waals surface area contributed by atoms with Crippen LogP contribution in [-0.2, 0) is 0 Å². The topological polar surface area (TPSA) is 45.3 Å². The summed E-state index contributed by atoms with van der Waals surface area (Å²) >= 11 is 0. The first kappa shape index (κ1) is 14.0. The van der Waals surface area contributed by atoms with Crippen LogP contribution in [0.2, 0.25) is 0 Å². The monoisotopic (exact) mass is 286 g/mol. The normalized spacial score (nSPS) is 16.0. The van der Waals surface area contributed by atoms with Crippen LogP contribution in [0.4, 0.5) is 0 Å². The van der Waals surface area contributed by atoms with Gasteiger partial charge in [0.25, 0.3) is 5.91 Å². The molecule has 0 bridgehead atoms. The molecule has 0 saturated carbocycles. The van der Waals surface area contributed by atoms with Crippen molar-refractivity contribution >= 4 is 16.8 Å². The van der Waals surface area contributed by atoms with E-state index in [4.69, 9.17) is 4.74 Å². The molecule has 0 unspecified atom stereocenters. The maximum atomic E-state index is 12.9. The molecule has 0 aliphatic carbocycles. The zero-order valence-electron chi connectivity index (χ0n) is 12.7. The van der Waals surface area contributed by atoms with Crippen LogP contribution in [0.1, 0.15) is 41.7 Å². The number of aryl methyl sites for hydroxylation is 1. The maximum Gasteiger partial charge on any atom is 0.256 e. The quantitative estimate of drug-likeness (QED) is 0.918. The fraction of sp³-hybridized carbons (Fsp3) is 0.471. The summed E-state index contributed by atoms with van der Waals surface area (Å²) in [6, 6.07) is 5.85. The molecule has 21 heavy (non-hydrogen) atoms. The number of ether oxygens (including phenoxy) is 1. The zero-order valence-corrected chi connectivity index (χ0v) is 12.7. The number of H-pyrrole nitrogens is 1. The van der Waals surface area contributed by atoms with Crippen LogP contribution < -0.4 is 4.74 Å². The third kappa shape index (κ3) is 2.50. The van der Waals surface area contributed by atoms with Crippen LogP contribution >= 0.6 is 0 Å². The fourth-order valence-electron chi connectivity index (χ4n) is 3.20. The molecule has 2 aromatic rings. The molecule has 1 fully saturated rings. The minimum Gasteiger partial charge on any atom is -0.495 e. The standard InChI is InChI=1S/C17H22N2O2/c1-12-15(17(20)19-10-5-3-4-6-11-19)13-8-7-9-14(21-2)16(13)18-12/h7-9,18H,3-6,10-11H2,1-2H3. The Hall–Kier alpha value is -1.97. The lowest BCUT2D eigenvalue weighted by Gasteiger charge is -2.20. The molecule has 4 heteroatoms. The van der Waals surface area contributed by atoms with E-state index in [1.807, 2.05) is 30.0 Å². The van der Waals surface area contributed by atoms with Gasteiger partial charge in [-0.3, -0.25) is 4.79 Å². The van der Waals surface area contributed by atoms with E-state index in [9.17, 15) is 4.79 Å². The molecule has 1 amide bonds. The number of para-hydroxylation sites is 1. The molecule has 1 saturated heterocycles. The van der Waals surface area contributed by atoms with Crippen molar-refractivity contribution in [2.45, 2.75) is 32.6 Å². The largest absolute Gasteiger partial charge is 0.495 e. The van der Waals surface area contributed by atoms with Gasteiger partial charge in [-0.1, -0.05) is 25.0 Å². The van der Waals surface area contributed by atoms with E-state index in [1.165, 1.54) is 12.8 Å². The molecule has 1 N–H and O–H groups in total. The van der Waals surface area contributed by atoms with E-state index < -0.39 is 0 Å². The minimum atomic E-state index is 0.147. The number of amides is 1. The molecule has 2 heterocycles. The van der Waals surface area contributed by atoms with Crippen LogP contribution in [0.25, 0.3) is 10.9 Å². The number of carbonyl (C=O) groups excluding carboxylic acids is 1. The van der Waals surface area contributed by atoms with Crippen molar-refractivity contribution in [1.29, 1.82) is 0 Å². The van der Waals surface area contributed by atoms with Gasteiger partial charge in [-0.25, -0.2) is 0 Å². The van der Waals surface area contributed by atoms with Gasteiger partial charge in [-0.15, -0.1) is 0 Å². The number of hydrogen-bond donors (Lipinski definition) is 1. The first-order valence-electron chi connectivity index (χ1n) is 7.67. The molecule has 112 valence electrons. The van der Waals surface area contributed by atoms with Crippen molar-refractivity contribution in [2.75, 3.05) is 20.2 Å². The molecule has 1 aliphatic rings. The lowest BCUT2D eigenvalue weighted by Crippen LogP contribution is -2.32. The minimum absolute atomic E-state index is 0.147. The van der Waals surface area contributed by atoms with Crippen molar-refractivity contribution < 1.29 is 9.53 Å². The molecule has 1 aromatic carbocycles. The number of hydrogen-bond acceptors (Lipinski definition) is 2. The second kappa shape index (κ2) is 5.80. The van der Waals surface area contributed by atoms with Gasteiger partial charge in [0.1, 0.15) is 5.75 Å². The molecule has 0 radical (unpaired) electrons. The van der Waals surface area contributed by atoms with E-state index in [0.717, 1.165) is 53.8 Å². The van der Waals surface area contributed by atoms with Crippen molar-refractivity contribution in [3.63, 3.8) is 0 Å². The van der Waals surface area contributed by atoms with Gasteiger partial charge in [0.15, 0.2) is 0 Å². The summed E-state index contributed by atoms with van der Waals surface area (Å²) in [7, 11) is 1.65. The number of rotatable bonds is 2. The lowest BCUT2D eigenvalue weighted by atomic mass is 10.1. The van der Waals surface area contributed by atoms with E-state index in [2.05, 4.69) is 4.98 Å². The van der Waals surface area contributed by atoms with Gasteiger partial charge < -0.3 is 14.6 Å². The molecule has 1 aromatic heterocycles. The van der Waals surface area contributed by atoms with Crippen molar-refractivity contribution in [1.82, 2.24) is 9.88 Å². The van der Waals surface area contributed by atoms with Gasteiger partial charge in [-0.05, 0) is 25.8 Å². The van der Waals surface area contributed by atoms with Crippen LogP contribution in [0, 0.1) is 6.92 Å². The Bertz CT molecular complexity index is 652. The van der Waals surface area contributed by atoms with Crippen molar-refractivity contribution in [3.8, 4) is 5.75 Å². The highest BCUT2D eigenvalue weighted by atomic mass is 16.5. The summed E-state index contributed by atoms with van der Waals surface area (Å²) in [5.41, 5.74) is 2.63. The van der Waals surface area contributed by atoms with Gasteiger partial charge >= 0.3 is 0 Å². The molecule has 0 atom stereocenters. The Kier molecular flexibility index (Phi) is 3.86. The third-order valence-corrected chi connectivity index (χ3v) is 4.31. The smallest absolute Gasteiger partial charge is 0.256 e. The molecular weight excluding hydrogens is 264 g/mol. The SMILES string of the molecule is COc1cccc2c(C(=O)N3CCCCCC3)c(C)[nH]c12. The number of aromatic amines is 1. The van der Waals surface area contributed by atoms with Crippen molar-refractivity contribution in [3.05, 3.63) is 29.5 Å². The van der Waals surface area contributed by atoms with E-state index >= 15 is 0 Å². The fourth-order valence-corrected chi connectivity index (χ4v) is 3.20. The Morgan fingerprint density at radius 2 is 1.90 bits per heavy atom. The number of aromatic nitrogens is 1. The van der Waals surface area contributed by atoms with E-state index in [1.54, 1.807) is 7.11 Å². The van der Waals surface area contributed by atoms with Crippen molar-refractivity contribution in [2.24, 2.45) is 0 Å². The molecular formula is C17H22N2O2. The number of methoxy groups -OCH3 is 1. The first-order valence-corrected chi connectivity index (χ1v) is 7.67. The van der Waals surface area contributed by atoms with E-state index in [-0.39, 0.29) is 5.91 Å². The second-order valence-electron chi connectivity index (χ2n) is 5.71. The Morgan fingerprint density at radius 1 is 1.19 bits per heavy atom. The molecule has 4 nitrogen and oxygen atoms in total. The summed E-state index contributed by atoms with van der Waals surface area (Å²) in [5.74, 6) is 0.930. The third-order valence-electron chi connectivity index (χ3n) is 4.31. The number of nitrogens with one attached hydrogen (secondary N) is 1. The zero-order chi connectivity index (χ0) is 14.8. The number of nitrogens with zero attached hydrogens (tertiary/aromatic N) is 1. The average molecular weight is 286 g/mol. The van der Waals surface area contributed by atoms with Gasteiger partial charge in [0, 0.05) is 24.2 Å². The first-order chi connectivity index (χ1) is 10.2. The van der Waals surface area contributed by atoms with Gasteiger partial charge in [0.2, 0.25) is 0 Å². The van der Waals surface area contributed by atoms with Crippen LogP contribution in [0.15, 0.2) is 18.2 Å². The number of fused-ring (bicyclic) bond motifs is 1. The highest BCUT2D eigenvalue weighted by Gasteiger charge is 2.23.